The van der Waals surface area contributed by atoms with Gasteiger partial charge < -0.3 is 14.5 Å². The molecule has 0 aliphatic carbocycles. The third kappa shape index (κ3) is 2.88. The molecule has 0 saturated carbocycles. The molecule has 102 valence electrons. The SMILES string of the molecule is COc1cc(Cl)c(Oc2cc[nH]c(=S)c2C#N)cc1Cl. The number of nitrogens with zero attached hydrogens (tertiary/aromatic N) is 1. The monoisotopic (exact) mass is 326 g/mol. The van der Waals surface area contributed by atoms with Crippen LogP contribution < -0.4 is 9.47 Å². The minimum atomic E-state index is 0.227. The Morgan fingerprint density at radius 3 is 2.50 bits per heavy atom. The van der Waals surface area contributed by atoms with E-state index in [0.717, 1.165) is 0 Å². The molecule has 0 spiro atoms. The molecule has 1 aromatic carbocycles. The van der Waals surface area contributed by atoms with Gasteiger partial charge in [0, 0.05) is 18.3 Å². The van der Waals surface area contributed by atoms with Gasteiger partial charge in [-0.25, -0.2) is 0 Å². The van der Waals surface area contributed by atoms with E-state index in [1.54, 1.807) is 12.3 Å². The zero-order valence-electron chi connectivity index (χ0n) is 10.2. The van der Waals surface area contributed by atoms with Gasteiger partial charge in [-0.2, -0.15) is 5.26 Å². The number of aromatic amines is 1. The summed E-state index contributed by atoms with van der Waals surface area (Å²) in [6.07, 6.45) is 1.58. The van der Waals surface area contributed by atoms with E-state index in [2.05, 4.69) is 4.98 Å². The van der Waals surface area contributed by atoms with Gasteiger partial charge in [0.05, 0.1) is 17.2 Å². The first-order valence-electron chi connectivity index (χ1n) is 5.39. The second kappa shape index (κ2) is 6.14. The summed E-state index contributed by atoms with van der Waals surface area (Å²) < 4.78 is 11.0. The van der Waals surface area contributed by atoms with Crippen LogP contribution in [-0.2, 0) is 0 Å². The Morgan fingerprint density at radius 1 is 1.20 bits per heavy atom. The third-order valence-corrected chi connectivity index (χ3v) is 3.37. The van der Waals surface area contributed by atoms with Crippen LogP contribution in [0.15, 0.2) is 24.4 Å². The average molecular weight is 327 g/mol. The van der Waals surface area contributed by atoms with Gasteiger partial charge >= 0.3 is 0 Å². The molecule has 0 atom stereocenters. The summed E-state index contributed by atoms with van der Waals surface area (Å²) in [6.45, 7) is 0. The van der Waals surface area contributed by atoms with Crippen LogP contribution in [0.3, 0.4) is 0 Å². The fourth-order valence-corrected chi connectivity index (χ4v) is 2.15. The first-order valence-corrected chi connectivity index (χ1v) is 6.56. The minimum Gasteiger partial charge on any atom is -0.495 e. The first kappa shape index (κ1) is 14.7. The number of nitriles is 1. The highest BCUT2D eigenvalue weighted by Gasteiger charge is 2.12. The van der Waals surface area contributed by atoms with Gasteiger partial charge in [-0.15, -0.1) is 0 Å². The second-order valence-corrected chi connectivity index (χ2v) is 4.90. The van der Waals surface area contributed by atoms with Crippen molar-refractivity contribution in [1.29, 1.82) is 5.26 Å². The Morgan fingerprint density at radius 2 is 1.85 bits per heavy atom. The second-order valence-electron chi connectivity index (χ2n) is 3.68. The molecule has 4 nitrogen and oxygen atoms in total. The Bertz CT molecular complexity index is 753. The predicted octanol–water partition coefficient (Wildman–Crippen LogP) is 4.72. The summed E-state index contributed by atoms with van der Waals surface area (Å²) >= 11 is 17.1. The molecule has 2 aromatic rings. The summed E-state index contributed by atoms with van der Waals surface area (Å²) in [5, 5.41) is 9.75. The van der Waals surface area contributed by atoms with Gasteiger partial charge in [0.1, 0.15) is 33.5 Å². The summed E-state index contributed by atoms with van der Waals surface area (Å²) in [5.74, 6) is 1.06. The van der Waals surface area contributed by atoms with Gasteiger partial charge in [0.2, 0.25) is 0 Å². The van der Waals surface area contributed by atoms with Crippen LogP contribution >= 0.6 is 35.4 Å². The van der Waals surface area contributed by atoms with E-state index in [-0.39, 0.29) is 5.56 Å². The Labute approximate surface area is 130 Å². The smallest absolute Gasteiger partial charge is 0.149 e. The molecule has 1 heterocycles. The van der Waals surface area contributed by atoms with E-state index in [1.807, 2.05) is 6.07 Å². The van der Waals surface area contributed by atoms with E-state index in [4.69, 9.17) is 50.2 Å². The number of rotatable bonds is 3. The highest BCUT2D eigenvalue weighted by atomic mass is 35.5. The quantitative estimate of drug-likeness (QED) is 0.829. The van der Waals surface area contributed by atoms with Crippen molar-refractivity contribution in [2.24, 2.45) is 0 Å². The number of H-pyrrole nitrogens is 1. The molecular formula is C13H8Cl2N2O2S. The lowest BCUT2D eigenvalue weighted by Crippen LogP contribution is -1.92. The molecule has 7 heteroatoms. The van der Waals surface area contributed by atoms with Gasteiger partial charge in [0.15, 0.2) is 0 Å². The molecule has 0 aliphatic heterocycles. The summed E-state index contributed by atoms with van der Waals surface area (Å²) in [5.41, 5.74) is 0.227. The molecule has 0 fully saturated rings. The molecule has 1 N–H and O–H groups in total. The lowest BCUT2D eigenvalue weighted by Gasteiger charge is -2.11. The van der Waals surface area contributed by atoms with Gasteiger partial charge in [-0.1, -0.05) is 35.4 Å². The van der Waals surface area contributed by atoms with Crippen molar-refractivity contribution in [3.05, 3.63) is 44.6 Å². The lowest BCUT2D eigenvalue weighted by molar-refractivity contribution is 0.413. The maximum absolute atomic E-state index is 9.09. The molecule has 0 unspecified atom stereocenters. The molecule has 0 amide bonds. The number of hydrogen-bond acceptors (Lipinski definition) is 4. The van der Waals surface area contributed by atoms with Crippen molar-refractivity contribution in [2.75, 3.05) is 7.11 Å². The summed E-state index contributed by atoms with van der Waals surface area (Å²) in [4.78, 5) is 2.75. The molecule has 0 radical (unpaired) electrons. The van der Waals surface area contributed by atoms with Crippen molar-refractivity contribution in [2.45, 2.75) is 0 Å². The predicted molar refractivity (Wildman–Crippen MR) is 79.4 cm³/mol. The van der Waals surface area contributed by atoms with E-state index < -0.39 is 0 Å². The van der Waals surface area contributed by atoms with Crippen LogP contribution in [-0.4, -0.2) is 12.1 Å². The first-order chi connectivity index (χ1) is 9.56. The third-order valence-electron chi connectivity index (χ3n) is 2.46. The molecule has 0 aliphatic rings. The highest BCUT2D eigenvalue weighted by molar-refractivity contribution is 7.71. The Balaban J connectivity index is 2.46. The van der Waals surface area contributed by atoms with Crippen LogP contribution in [0.2, 0.25) is 10.0 Å². The van der Waals surface area contributed by atoms with E-state index in [9.17, 15) is 0 Å². The summed E-state index contributed by atoms with van der Waals surface area (Å²) in [6, 6.07) is 6.62. The number of halogens is 2. The standard InChI is InChI=1S/C13H8Cl2N2O2S/c1-18-11-4-9(15)12(5-8(11)14)19-10-2-3-17-13(20)7(10)6-16/h2-5H,1H3,(H,17,20). The van der Waals surface area contributed by atoms with Gasteiger partial charge in [-0.05, 0) is 6.07 Å². The average Bonchev–Trinajstić information content (AvgIpc) is 2.42. The Kier molecular flexibility index (Phi) is 4.50. The van der Waals surface area contributed by atoms with E-state index >= 15 is 0 Å². The van der Waals surface area contributed by atoms with Crippen molar-refractivity contribution in [3.8, 4) is 23.3 Å². The van der Waals surface area contributed by atoms with Crippen molar-refractivity contribution in [1.82, 2.24) is 4.98 Å². The summed E-state index contributed by atoms with van der Waals surface area (Å²) in [7, 11) is 1.49. The minimum absolute atomic E-state index is 0.227. The van der Waals surface area contributed by atoms with Crippen LogP contribution in [0.5, 0.6) is 17.2 Å². The van der Waals surface area contributed by atoms with E-state index in [0.29, 0.717) is 31.9 Å². The number of pyridine rings is 1. The highest BCUT2D eigenvalue weighted by Crippen LogP contribution is 2.38. The maximum atomic E-state index is 9.09. The molecular weight excluding hydrogens is 319 g/mol. The largest absolute Gasteiger partial charge is 0.495 e. The number of benzene rings is 1. The van der Waals surface area contributed by atoms with Crippen LogP contribution in [0, 0.1) is 16.0 Å². The number of aromatic nitrogens is 1. The van der Waals surface area contributed by atoms with Crippen molar-refractivity contribution < 1.29 is 9.47 Å². The fraction of sp³-hybridized carbons (Fsp3) is 0.0769. The Hall–Kier alpha value is -1.74. The van der Waals surface area contributed by atoms with Crippen molar-refractivity contribution >= 4 is 35.4 Å². The van der Waals surface area contributed by atoms with Gasteiger partial charge in [-0.3, -0.25) is 0 Å². The lowest BCUT2D eigenvalue weighted by atomic mass is 10.2. The maximum Gasteiger partial charge on any atom is 0.149 e. The van der Waals surface area contributed by atoms with Crippen LogP contribution in [0.25, 0.3) is 0 Å². The van der Waals surface area contributed by atoms with Crippen LogP contribution in [0.1, 0.15) is 5.56 Å². The zero-order chi connectivity index (χ0) is 14.7. The fourth-order valence-electron chi connectivity index (χ4n) is 1.51. The topological polar surface area (TPSA) is 58.0 Å². The zero-order valence-corrected chi connectivity index (χ0v) is 12.6. The molecule has 2 rings (SSSR count). The number of methoxy groups -OCH3 is 1. The normalized spacial score (nSPS) is 9.90. The molecule has 0 saturated heterocycles. The number of ether oxygens (including phenoxy) is 2. The number of hydrogen-bond donors (Lipinski definition) is 1. The van der Waals surface area contributed by atoms with Gasteiger partial charge in [0.25, 0.3) is 0 Å². The van der Waals surface area contributed by atoms with E-state index in [1.165, 1.54) is 19.2 Å². The molecule has 1 aromatic heterocycles. The molecule has 0 bridgehead atoms. The number of nitrogens with one attached hydrogen (secondary N) is 1. The molecule has 20 heavy (non-hydrogen) atoms. The van der Waals surface area contributed by atoms with Crippen LogP contribution in [0.4, 0.5) is 0 Å². The van der Waals surface area contributed by atoms with Crippen molar-refractivity contribution in [3.63, 3.8) is 0 Å².